The Hall–Kier alpha value is -4.82. The third-order valence-corrected chi connectivity index (χ3v) is 7.78. The second kappa shape index (κ2) is 14.8. The van der Waals surface area contributed by atoms with Crippen molar-refractivity contribution in [2.45, 2.75) is 40.0 Å². The van der Waals surface area contributed by atoms with Gasteiger partial charge in [0.1, 0.15) is 0 Å². The van der Waals surface area contributed by atoms with Gasteiger partial charge in [0.15, 0.2) is 0 Å². The molecule has 3 aromatic heterocycles. The Balaban J connectivity index is 0.000000154. The molecule has 0 saturated carbocycles. The quantitative estimate of drug-likeness (QED) is 0.160. The van der Waals surface area contributed by atoms with Crippen LogP contribution in [0.15, 0.2) is 73.2 Å². The van der Waals surface area contributed by atoms with E-state index in [1.807, 2.05) is 37.4 Å². The van der Waals surface area contributed by atoms with E-state index >= 15 is 0 Å². The van der Waals surface area contributed by atoms with Crippen LogP contribution in [-0.2, 0) is 28.9 Å². The number of nitrogens with one attached hydrogen (secondary N) is 3. The van der Waals surface area contributed by atoms with Crippen molar-refractivity contribution in [2.75, 3.05) is 34.7 Å². The van der Waals surface area contributed by atoms with E-state index in [9.17, 15) is 9.59 Å². The van der Waals surface area contributed by atoms with Gasteiger partial charge in [-0.15, -0.1) is 0 Å². The Morgan fingerprint density at radius 2 is 1.02 bits per heavy atom. The van der Waals surface area contributed by atoms with Crippen LogP contribution in [0.25, 0.3) is 32.7 Å². The maximum absolute atomic E-state index is 11.7. The van der Waals surface area contributed by atoms with Gasteiger partial charge in [-0.05, 0) is 94.4 Å². The summed E-state index contributed by atoms with van der Waals surface area (Å²) in [6.45, 7) is 7.30. The van der Waals surface area contributed by atoms with E-state index in [1.165, 1.54) is 27.6 Å². The molecule has 0 aliphatic rings. The standard InChI is InChI=1S/C13H16N2O.C13H18N2.C11H11NO2/c1-9-4-5-12-11(6-9)10(8-14-12)7-13(16)15(2)3;1-10-4-5-13-12(8-10)11(9-14-13)6-7-15(2)3;1-7-2-3-10-9(4-7)8(6-12-10)5-11(13)14/h4-6,8,14H,7H2,1-3H3;4-5,8-9,14H,6-7H2,1-3H3;2-4,6,12H,5H2,1H3,(H,13,14). The number of amides is 1. The highest BCUT2D eigenvalue weighted by Crippen LogP contribution is 2.22. The van der Waals surface area contributed by atoms with Crippen molar-refractivity contribution in [1.82, 2.24) is 24.8 Å². The lowest BCUT2D eigenvalue weighted by Gasteiger charge is -2.09. The van der Waals surface area contributed by atoms with Crippen LogP contribution in [0.1, 0.15) is 33.4 Å². The molecule has 8 heteroatoms. The number of aryl methyl sites for hydroxylation is 3. The predicted octanol–water partition coefficient (Wildman–Crippen LogP) is 6.79. The minimum absolute atomic E-state index is 0.0729. The number of aliphatic carboxylic acids is 1. The molecule has 4 N–H and O–H groups in total. The van der Waals surface area contributed by atoms with Crippen LogP contribution in [0.3, 0.4) is 0 Å². The van der Waals surface area contributed by atoms with Crippen LogP contribution >= 0.6 is 0 Å². The minimum Gasteiger partial charge on any atom is -0.481 e. The number of fused-ring (bicyclic) bond motifs is 3. The molecular weight excluding hydrogens is 562 g/mol. The molecule has 6 aromatic rings. The third-order valence-electron chi connectivity index (χ3n) is 7.78. The molecule has 0 aliphatic heterocycles. The van der Waals surface area contributed by atoms with Gasteiger partial charge < -0.3 is 29.9 Å². The van der Waals surface area contributed by atoms with E-state index in [0.717, 1.165) is 51.5 Å². The number of hydrogen-bond acceptors (Lipinski definition) is 3. The molecule has 0 spiro atoms. The van der Waals surface area contributed by atoms with Crippen LogP contribution in [-0.4, -0.2) is 76.5 Å². The number of nitrogens with zero attached hydrogens (tertiary/aromatic N) is 2. The summed E-state index contributed by atoms with van der Waals surface area (Å²) in [5.41, 5.74) is 10.3. The predicted molar refractivity (Wildman–Crippen MR) is 185 cm³/mol. The normalized spacial score (nSPS) is 10.9. The average Bonchev–Trinajstić information content (AvgIpc) is 3.69. The highest BCUT2D eigenvalue weighted by Gasteiger charge is 2.10. The number of hydrogen-bond donors (Lipinski definition) is 4. The third kappa shape index (κ3) is 8.86. The zero-order chi connectivity index (χ0) is 32.7. The van der Waals surface area contributed by atoms with Crippen LogP contribution in [0.5, 0.6) is 0 Å². The summed E-state index contributed by atoms with van der Waals surface area (Å²) in [5, 5.41) is 12.2. The fraction of sp³-hybridized carbons (Fsp3) is 0.297. The largest absolute Gasteiger partial charge is 0.481 e. The van der Waals surface area contributed by atoms with Gasteiger partial charge in [0.25, 0.3) is 0 Å². The molecule has 0 saturated heterocycles. The maximum atomic E-state index is 11.7. The lowest BCUT2D eigenvalue weighted by atomic mass is 10.1. The van der Waals surface area contributed by atoms with Gasteiger partial charge in [-0.2, -0.15) is 0 Å². The van der Waals surface area contributed by atoms with Crippen molar-refractivity contribution in [3.05, 3.63) is 107 Å². The number of carboxylic acid groups (broad SMARTS) is 1. The Morgan fingerprint density at radius 3 is 1.42 bits per heavy atom. The molecule has 3 heterocycles. The number of aromatic amines is 3. The van der Waals surface area contributed by atoms with Crippen molar-refractivity contribution in [1.29, 1.82) is 0 Å². The van der Waals surface area contributed by atoms with Gasteiger partial charge in [-0.25, -0.2) is 0 Å². The Kier molecular flexibility index (Phi) is 10.9. The smallest absolute Gasteiger partial charge is 0.307 e. The summed E-state index contributed by atoms with van der Waals surface area (Å²) in [5.74, 6) is -0.671. The van der Waals surface area contributed by atoms with E-state index in [0.29, 0.717) is 6.42 Å². The molecule has 0 unspecified atom stereocenters. The molecule has 45 heavy (non-hydrogen) atoms. The van der Waals surface area contributed by atoms with Crippen molar-refractivity contribution < 1.29 is 14.7 Å². The molecule has 0 radical (unpaired) electrons. The first-order valence-electron chi connectivity index (χ1n) is 15.2. The van der Waals surface area contributed by atoms with Crippen LogP contribution < -0.4 is 0 Å². The first-order valence-corrected chi connectivity index (χ1v) is 15.2. The molecule has 0 fully saturated rings. The minimum atomic E-state index is -0.799. The summed E-state index contributed by atoms with van der Waals surface area (Å²) in [6.07, 6.45) is 7.45. The van der Waals surface area contributed by atoms with Gasteiger partial charge in [0.2, 0.25) is 5.91 Å². The summed E-state index contributed by atoms with van der Waals surface area (Å²) in [4.78, 5) is 35.6. The Bertz CT molecular complexity index is 1910. The SMILES string of the molecule is Cc1ccc2[nH]cc(CC(=O)N(C)C)c2c1.Cc1ccc2[nH]cc(CC(=O)O)c2c1.Cc1ccc2[nH]cc(CCN(C)C)c2c1. The van der Waals surface area contributed by atoms with Crippen molar-refractivity contribution >= 4 is 44.6 Å². The summed E-state index contributed by atoms with van der Waals surface area (Å²) in [7, 11) is 7.78. The topological polar surface area (TPSA) is 108 Å². The molecule has 1 amide bonds. The lowest BCUT2D eigenvalue weighted by molar-refractivity contribution is -0.136. The highest BCUT2D eigenvalue weighted by molar-refractivity contribution is 5.89. The van der Waals surface area contributed by atoms with E-state index < -0.39 is 5.97 Å². The second-order valence-corrected chi connectivity index (χ2v) is 12.2. The number of carboxylic acids is 1. The average molecular weight is 608 g/mol. The van der Waals surface area contributed by atoms with Crippen molar-refractivity contribution in [3.8, 4) is 0 Å². The molecular formula is C37H45N5O3. The van der Waals surface area contributed by atoms with Crippen molar-refractivity contribution in [3.63, 3.8) is 0 Å². The molecule has 236 valence electrons. The first-order chi connectivity index (χ1) is 21.4. The monoisotopic (exact) mass is 607 g/mol. The van der Waals surface area contributed by atoms with Crippen LogP contribution in [0.2, 0.25) is 0 Å². The number of H-pyrrole nitrogens is 3. The van der Waals surface area contributed by atoms with Crippen LogP contribution in [0.4, 0.5) is 0 Å². The highest BCUT2D eigenvalue weighted by atomic mass is 16.4. The van der Waals surface area contributed by atoms with Gasteiger partial charge in [0, 0.05) is 71.9 Å². The van der Waals surface area contributed by atoms with Gasteiger partial charge in [0.05, 0.1) is 12.8 Å². The first kappa shape index (κ1) is 33.1. The molecule has 8 nitrogen and oxygen atoms in total. The summed E-state index contributed by atoms with van der Waals surface area (Å²) < 4.78 is 0. The Morgan fingerprint density at radius 1 is 0.622 bits per heavy atom. The van der Waals surface area contributed by atoms with E-state index in [-0.39, 0.29) is 12.3 Å². The van der Waals surface area contributed by atoms with Crippen LogP contribution in [0, 0.1) is 20.8 Å². The summed E-state index contributed by atoms with van der Waals surface area (Å²) in [6, 6.07) is 18.8. The zero-order valence-electron chi connectivity index (χ0n) is 27.4. The molecule has 6 rings (SSSR count). The van der Waals surface area contributed by atoms with E-state index in [1.54, 1.807) is 25.2 Å². The van der Waals surface area contributed by atoms with Gasteiger partial charge >= 0.3 is 5.97 Å². The lowest BCUT2D eigenvalue weighted by Crippen LogP contribution is -2.23. The number of rotatable bonds is 7. The Labute approximate surface area is 265 Å². The number of benzene rings is 3. The number of carbonyl (C=O) groups is 2. The number of aromatic nitrogens is 3. The molecule has 0 aliphatic carbocycles. The van der Waals surface area contributed by atoms with Gasteiger partial charge in [-0.1, -0.05) is 34.9 Å². The maximum Gasteiger partial charge on any atom is 0.307 e. The fourth-order valence-corrected chi connectivity index (χ4v) is 5.20. The van der Waals surface area contributed by atoms with E-state index in [2.05, 4.69) is 84.3 Å². The van der Waals surface area contributed by atoms with Gasteiger partial charge in [-0.3, -0.25) is 9.59 Å². The zero-order valence-corrected chi connectivity index (χ0v) is 27.4. The molecule has 3 aromatic carbocycles. The fourth-order valence-electron chi connectivity index (χ4n) is 5.20. The second-order valence-electron chi connectivity index (χ2n) is 12.2. The van der Waals surface area contributed by atoms with E-state index in [4.69, 9.17) is 5.11 Å². The molecule has 0 atom stereocenters. The van der Waals surface area contributed by atoms with Crippen molar-refractivity contribution in [2.24, 2.45) is 0 Å². The number of likely N-dealkylation sites (N-methyl/N-ethyl adjacent to an activating group) is 2. The number of carbonyl (C=O) groups excluding carboxylic acids is 1. The molecule has 0 bridgehead atoms. The summed E-state index contributed by atoms with van der Waals surface area (Å²) >= 11 is 0.